The summed E-state index contributed by atoms with van der Waals surface area (Å²) in [5.41, 5.74) is 0. The summed E-state index contributed by atoms with van der Waals surface area (Å²) in [6.07, 6.45) is 1.11. The van der Waals surface area contributed by atoms with Gasteiger partial charge in [-0.05, 0) is 0 Å². The standard InChI is InChI=1S/C3H5O2.2C3H7O.CH3.Ti/c4-3-1-2-5-3;2*1-3(2)4;;/h3H,1-2H2;2*3H,1-2H3;1H3;/q3*-1;;+3. The van der Waals surface area contributed by atoms with Gasteiger partial charge in [-0.15, -0.1) is 0 Å². The van der Waals surface area contributed by atoms with Crippen LogP contribution in [0.5, 0.6) is 0 Å². The molecule has 0 aromatic carbocycles. The topological polar surface area (TPSA) is 36.9 Å². The molecule has 0 bridgehead atoms. The van der Waals surface area contributed by atoms with Crippen molar-refractivity contribution in [2.24, 2.45) is 0 Å². The van der Waals surface area contributed by atoms with Crippen LogP contribution in [0.3, 0.4) is 0 Å². The van der Waals surface area contributed by atoms with Gasteiger partial charge in [0.05, 0.1) is 0 Å². The molecule has 0 N–H and O–H groups in total. The van der Waals surface area contributed by atoms with Gasteiger partial charge in [0.2, 0.25) is 0 Å². The Hall–Kier alpha value is 0.554. The molecule has 15 heavy (non-hydrogen) atoms. The summed E-state index contributed by atoms with van der Waals surface area (Å²) in [6, 6.07) is 0. The zero-order valence-corrected chi connectivity index (χ0v) is 11.8. The number of ether oxygens (including phenoxy) is 1. The van der Waals surface area contributed by atoms with Gasteiger partial charge in [0.25, 0.3) is 0 Å². The van der Waals surface area contributed by atoms with E-state index in [1.165, 1.54) is 0 Å². The van der Waals surface area contributed by atoms with Crippen molar-refractivity contribution in [2.45, 2.75) is 57.8 Å². The first-order valence-electron chi connectivity index (χ1n) is 5.56. The van der Waals surface area contributed by atoms with Crippen LogP contribution >= 0.6 is 0 Å². The van der Waals surface area contributed by atoms with Gasteiger partial charge < -0.3 is 0 Å². The molecule has 1 aliphatic heterocycles. The fourth-order valence-corrected chi connectivity index (χ4v) is 5.46. The van der Waals surface area contributed by atoms with Crippen molar-refractivity contribution in [1.82, 2.24) is 0 Å². The molecule has 1 heterocycles. The maximum atomic E-state index is 5.82. The molecule has 4 nitrogen and oxygen atoms in total. The molecule has 1 rings (SSSR count). The van der Waals surface area contributed by atoms with E-state index in [0.717, 1.165) is 13.0 Å². The first-order chi connectivity index (χ1) is 6.91. The molecule has 0 aliphatic carbocycles. The van der Waals surface area contributed by atoms with Crippen molar-refractivity contribution in [3.8, 4) is 0 Å². The summed E-state index contributed by atoms with van der Waals surface area (Å²) in [7, 11) is 0. The zero-order valence-electron chi connectivity index (χ0n) is 10.3. The molecule has 0 spiro atoms. The molecule has 1 aliphatic rings. The van der Waals surface area contributed by atoms with Gasteiger partial charge in [0.1, 0.15) is 0 Å². The third-order valence-electron chi connectivity index (χ3n) is 1.90. The Morgan fingerprint density at radius 1 is 1.13 bits per heavy atom. The molecule has 1 atom stereocenters. The van der Waals surface area contributed by atoms with E-state index in [4.69, 9.17) is 14.7 Å². The fourth-order valence-electron chi connectivity index (χ4n) is 1.49. The summed E-state index contributed by atoms with van der Waals surface area (Å²) in [5, 5.41) is 1.97. The average Bonchev–Trinajstić information content (AvgIpc) is 1.93. The molecule has 90 valence electrons. The van der Waals surface area contributed by atoms with Crippen LogP contribution in [0, 0.1) is 0 Å². The molecule has 0 amide bonds. The monoisotopic (exact) mass is 254 g/mol. The molecule has 0 radical (unpaired) electrons. The van der Waals surface area contributed by atoms with Gasteiger partial charge in [-0.1, -0.05) is 0 Å². The van der Waals surface area contributed by atoms with E-state index in [0.29, 0.717) is 0 Å². The minimum absolute atomic E-state index is 0.104. The minimum atomic E-state index is -3.07. The first-order valence-corrected chi connectivity index (χ1v) is 9.04. The Balaban J connectivity index is 2.48. The number of hydrogen-bond donors (Lipinski definition) is 0. The SMILES string of the molecule is CC(C)[O][Ti]([CH3])([O]C(C)C)[O]C1CCO1. The van der Waals surface area contributed by atoms with E-state index in [1.807, 2.05) is 32.9 Å². The molecular weight excluding hydrogens is 232 g/mol. The second kappa shape index (κ2) is 5.76. The van der Waals surface area contributed by atoms with Gasteiger partial charge in [-0.25, -0.2) is 0 Å². The molecule has 1 fully saturated rings. The van der Waals surface area contributed by atoms with Crippen molar-refractivity contribution in [3.63, 3.8) is 0 Å². The Kier molecular flexibility index (Phi) is 5.23. The normalized spacial score (nSPS) is 22.2. The molecule has 0 saturated carbocycles. The van der Waals surface area contributed by atoms with Crippen LogP contribution in [-0.4, -0.2) is 25.1 Å². The van der Waals surface area contributed by atoms with Crippen LogP contribution in [0.15, 0.2) is 0 Å². The van der Waals surface area contributed by atoms with Crippen LogP contribution in [-0.2, 0) is 32.4 Å². The van der Waals surface area contributed by atoms with E-state index in [9.17, 15) is 0 Å². The summed E-state index contributed by atoms with van der Waals surface area (Å²) in [6.45, 7) is 8.78. The third-order valence-corrected chi connectivity index (χ3v) is 5.79. The molecular formula is C10H22O4Ti. The second-order valence-corrected chi connectivity index (χ2v) is 8.20. The van der Waals surface area contributed by atoms with E-state index < -0.39 is 17.8 Å². The fraction of sp³-hybridized carbons (Fsp3) is 1.00. The van der Waals surface area contributed by atoms with Crippen LogP contribution < -0.4 is 0 Å². The van der Waals surface area contributed by atoms with Gasteiger partial charge in [0, 0.05) is 0 Å². The van der Waals surface area contributed by atoms with Crippen molar-refractivity contribution in [3.05, 3.63) is 0 Å². The Bertz CT molecular complexity index is 182. The van der Waals surface area contributed by atoms with E-state index in [-0.39, 0.29) is 18.5 Å². The van der Waals surface area contributed by atoms with Crippen LogP contribution in [0.1, 0.15) is 34.1 Å². The van der Waals surface area contributed by atoms with Crippen LogP contribution in [0.25, 0.3) is 0 Å². The Labute approximate surface area is 97.0 Å². The van der Waals surface area contributed by atoms with Crippen LogP contribution in [0.2, 0.25) is 5.23 Å². The first kappa shape index (κ1) is 13.6. The predicted octanol–water partition coefficient (Wildman–Crippen LogP) is 2.55. The van der Waals surface area contributed by atoms with Crippen LogP contribution in [0.4, 0.5) is 0 Å². The zero-order chi connectivity index (χ0) is 11.5. The average molecular weight is 254 g/mol. The summed E-state index contributed by atoms with van der Waals surface area (Å²) < 4.78 is 22.7. The molecule has 1 saturated heterocycles. The van der Waals surface area contributed by atoms with Crippen molar-refractivity contribution >= 4 is 0 Å². The van der Waals surface area contributed by atoms with E-state index in [2.05, 4.69) is 0 Å². The van der Waals surface area contributed by atoms with Crippen molar-refractivity contribution in [2.75, 3.05) is 6.61 Å². The van der Waals surface area contributed by atoms with Gasteiger partial charge in [-0.2, -0.15) is 0 Å². The van der Waals surface area contributed by atoms with E-state index >= 15 is 0 Å². The molecule has 0 aromatic heterocycles. The summed E-state index contributed by atoms with van der Waals surface area (Å²) in [5.74, 6) is 0. The van der Waals surface area contributed by atoms with Crippen molar-refractivity contribution in [1.29, 1.82) is 0 Å². The summed E-state index contributed by atoms with van der Waals surface area (Å²) >= 11 is -3.07. The quantitative estimate of drug-likeness (QED) is 0.682. The van der Waals surface area contributed by atoms with E-state index in [1.54, 1.807) is 0 Å². The van der Waals surface area contributed by atoms with Gasteiger partial charge in [0.15, 0.2) is 0 Å². The maximum absolute atomic E-state index is 5.82. The predicted molar refractivity (Wildman–Crippen MR) is 53.7 cm³/mol. The summed E-state index contributed by atoms with van der Waals surface area (Å²) in [4.78, 5) is 0. The number of rotatable bonds is 6. The molecule has 5 heteroatoms. The number of hydrogen-bond acceptors (Lipinski definition) is 4. The Morgan fingerprint density at radius 3 is 1.87 bits per heavy atom. The molecule has 0 aromatic rings. The second-order valence-electron chi connectivity index (χ2n) is 4.40. The molecule has 1 unspecified atom stereocenters. The third kappa shape index (κ3) is 4.94. The Morgan fingerprint density at radius 2 is 1.60 bits per heavy atom. The van der Waals surface area contributed by atoms with Crippen molar-refractivity contribution < 1.29 is 32.4 Å². The van der Waals surface area contributed by atoms with Gasteiger partial charge in [-0.3, -0.25) is 0 Å². The van der Waals surface area contributed by atoms with Gasteiger partial charge >= 0.3 is 96.9 Å².